The van der Waals surface area contributed by atoms with E-state index < -0.39 is 0 Å². The quantitative estimate of drug-likeness (QED) is 0.381. The molecule has 0 aliphatic heterocycles. The Kier molecular flexibility index (Phi) is 8.04. The monoisotopic (exact) mass is 471 g/mol. The SMILES string of the molecule is Cc1cc(NC(=O)CSCC(=O)NCCCc2nn(-c3ccc(F)cc3)c(N)c2C#N)no1. The van der Waals surface area contributed by atoms with E-state index in [1.807, 2.05) is 0 Å². The molecule has 2 amide bonds. The van der Waals surface area contributed by atoms with Crippen molar-refractivity contribution < 1.29 is 18.5 Å². The van der Waals surface area contributed by atoms with Crippen LogP contribution in [-0.2, 0) is 16.0 Å². The van der Waals surface area contributed by atoms with Crippen molar-refractivity contribution in [1.29, 1.82) is 5.26 Å². The number of carbonyl (C=O) groups excluding carboxylic acids is 2. The summed E-state index contributed by atoms with van der Waals surface area (Å²) in [4.78, 5) is 23.8. The van der Waals surface area contributed by atoms with Gasteiger partial charge in [0.1, 0.15) is 29.0 Å². The van der Waals surface area contributed by atoms with Crippen molar-refractivity contribution in [3.63, 3.8) is 0 Å². The Morgan fingerprint density at radius 3 is 2.67 bits per heavy atom. The Bertz CT molecular complexity index is 1170. The number of hydrogen-bond donors (Lipinski definition) is 3. The first-order valence-electron chi connectivity index (χ1n) is 9.98. The second kappa shape index (κ2) is 11.1. The van der Waals surface area contributed by atoms with Crippen LogP contribution in [0.2, 0.25) is 0 Å². The second-order valence-corrected chi connectivity index (χ2v) is 8.01. The molecule has 3 rings (SSSR count). The third-order valence-corrected chi connectivity index (χ3v) is 5.38. The van der Waals surface area contributed by atoms with Crippen molar-refractivity contribution in [2.24, 2.45) is 0 Å². The highest BCUT2D eigenvalue weighted by atomic mass is 32.2. The molecule has 0 unspecified atom stereocenters. The van der Waals surface area contributed by atoms with Crippen LogP contribution in [0.25, 0.3) is 5.69 Å². The molecule has 0 aliphatic carbocycles. The molecule has 0 spiro atoms. The van der Waals surface area contributed by atoms with E-state index in [9.17, 15) is 19.2 Å². The minimum Gasteiger partial charge on any atom is -0.382 e. The molecule has 0 fully saturated rings. The molecule has 12 heteroatoms. The predicted molar refractivity (Wildman–Crippen MR) is 121 cm³/mol. The van der Waals surface area contributed by atoms with E-state index >= 15 is 0 Å². The summed E-state index contributed by atoms with van der Waals surface area (Å²) < 4.78 is 19.4. The number of nitrogens with two attached hydrogens (primary N) is 1. The minimum absolute atomic E-state index is 0.102. The largest absolute Gasteiger partial charge is 0.382 e. The lowest BCUT2D eigenvalue weighted by atomic mass is 10.1. The maximum absolute atomic E-state index is 13.2. The smallest absolute Gasteiger partial charge is 0.235 e. The summed E-state index contributed by atoms with van der Waals surface area (Å²) in [6, 6.07) is 9.27. The van der Waals surface area contributed by atoms with Crippen LogP contribution in [-0.4, -0.2) is 44.8 Å². The number of benzene rings is 1. The third-order valence-electron chi connectivity index (χ3n) is 4.45. The first-order chi connectivity index (χ1) is 15.9. The van der Waals surface area contributed by atoms with Crippen LogP contribution in [0, 0.1) is 24.1 Å². The number of aryl methyl sites for hydroxylation is 2. The minimum atomic E-state index is -0.384. The van der Waals surface area contributed by atoms with Crippen molar-refractivity contribution in [2.75, 3.05) is 29.1 Å². The lowest BCUT2D eigenvalue weighted by Gasteiger charge is -2.05. The number of halogens is 1. The Balaban J connectivity index is 1.41. The molecule has 0 saturated carbocycles. The number of nitrogens with one attached hydrogen (secondary N) is 2. The van der Waals surface area contributed by atoms with E-state index in [1.165, 1.54) is 40.7 Å². The summed E-state index contributed by atoms with van der Waals surface area (Å²) in [6.45, 7) is 2.09. The van der Waals surface area contributed by atoms with Crippen molar-refractivity contribution in [3.8, 4) is 11.8 Å². The molecular formula is C21H22FN7O3S. The Hall–Kier alpha value is -3.85. The number of aromatic nitrogens is 3. The molecule has 3 aromatic rings. The topological polar surface area (TPSA) is 152 Å². The van der Waals surface area contributed by atoms with E-state index in [0.29, 0.717) is 42.3 Å². The highest BCUT2D eigenvalue weighted by molar-refractivity contribution is 8.00. The maximum atomic E-state index is 13.2. The fourth-order valence-electron chi connectivity index (χ4n) is 2.93. The molecule has 33 heavy (non-hydrogen) atoms. The molecule has 4 N–H and O–H groups in total. The number of nitrogens with zero attached hydrogens (tertiary/aromatic N) is 4. The van der Waals surface area contributed by atoms with Gasteiger partial charge in [-0.05, 0) is 44.0 Å². The lowest BCUT2D eigenvalue weighted by Crippen LogP contribution is -2.27. The fraction of sp³-hybridized carbons (Fsp3) is 0.286. The van der Waals surface area contributed by atoms with E-state index in [0.717, 1.165) is 0 Å². The maximum Gasteiger partial charge on any atom is 0.235 e. The molecule has 0 saturated heterocycles. The first-order valence-corrected chi connectivity index (χ1v) is 11.1. The Morgan fingerprint density at radius 2 is 2.00 bits per heavy atom. The van der Waals surface area contributed by atoms with Gasteiger partial charge in [0, 0.05) is 12.6 Å². The number of nitriles is 1. The van der Waals surface area contributed by atoms with Crippen LogP contribution in [0.5, 0.6) is 0 Å². The van der Waals surface area contributed by atoms with Crippen LogP contribution < -0.4 is 16.4 Å². The zero-order valence-electron chi connectivity index (χ0n) is 17.8. The molecular weight excluding hydrogens is 449 g/mol. The number of hydrogen-bond acceptors (Lipinski definition) is 8. The first kappa shape index (κ1) is 23.8. The van der Waals surface area contributed by atoms with Crippen molar-refractivity contribution in [1.82, 2.24) is 20.3 Å². The molecule has 2 heterocycles. The Labute approximate surface area is 193 Å². The summed E-state index contributed by atoms with van der Waals surface area (Å²) in [5.41, 5.74) is 7.34. The van der Waals surface area contributed by atoms with Gasteiger partial charge in [-0.1, -0.05) is 5.16 Å². The zero-order valence-corrected chi connectivity index (χ0v) is 18.6. The van der Waals surface area contributed by atoms with Crippen LogP contribution in [0.1, 0.15) is 23.4 Å². The van der Waals surface area contributed by atoms with Gasteiger partial charge in [-0.3, -0.25) is 9.59 Å². The highest BCUT2D eigenvalue weighted by Gasteiger charge is 2.16. The molecule has 10 nitrogen and oxygen atoms in total. The number of anilines is 2. The van der Waals surface area contributed by atoms with Crippen molar-refractivity contribution in [2.45, 2.75) is 19.8 Å². The normalized spacial score (nSPS) is 10.6. The zero-order chi connectivity index (χ0) is 23.8. The van der Waals surface area contributed by atoms with Gasteiger partial charge in [0.15, 0.2) is 5.82 Å². The summed E-state index contributed by atoms with van der Waals surface area (Å²) in [5, 5.41) is 22.8. The number of nitrogen functional groups attached to an aromatic ring is 1. The van der Waals surface area contributed by atoms with Gasteiger partial charge in [0.05, 0.1) is 22.9 Å². The number of rotatable bonds is 10. The molecule has 1 aromatic carbocycles. The van der Waals surface area contributed by atoms with Crippen LogP contribution in [0.4, 0.5) is 16.0 Å². The summed E-state index contributed by atoms with van der Waals surface area (Å²) in [5.74, 6) is 0.460. The molecule has 0 atom stereocenters. The van der Waals surface area contributed by atoms with Crippen LogP contribution in [0.15, 0.2) is 34.9 Å². The standard InChI is InChI=1S/C21H22FN7O3S/c1-13-9-18(28-32-13)26-20(31)12-33-11-19(30)25-8-2-3-17-16(10-23)21(24)29(27-17)15-6-4-14(22)5-7-15/h4-7,9H,2-3,8,11-12,24H2,1H3,(H,25,30)(H,26,28,31). The van der Waals surface area contributed by atoms with Crippen molar-refractivity contribution >= 4 is 35.2 Å². The molecule has 0 radical (unpaired) electrons. The van der Waals surface area contributed by atoms with Crippen LogP contribution in [0.3, 0.4) is 0 Å². The van der Waals surface area contributed by atoms with E-state index in [2.05, 4.69) is 27.0 Å². The molecule has 172 valence electrons. The van der Waals surface area contributed by atoms with Crippen LogP contribution >= 0.6 is 11.8 Å². The second-order valence-electron chi connectivity index (χ2n) is 7.02. The average Bonchev–Trinajstić information content (AvgIpc) is 3.33. The number of thioether (sulfide) groups is 1. The third kappa shape index (κ3) is 6.56. The van der Waals surface area contributed by atoms with E-state index in [4.69, 9.17) is 10.3 Å². The lowest BCUT2D eigenvalue weighted by molar-refractivity contribution is -0.118. The fourth-order valence-corrected chi connectivity index (χ4v) is 3.58. The number of amides is 2. The van der Waals surface area contributed by atoms with Gasteiger partial charge in [-0.2, -0.15) is 10.4 Å². The van der Waals surface area contributed by atoms with Gasteiger partial charge in [-0.25, -0.2) is 9.07 Å². The highest BCUT2D eigenvalue weighted by Crippen LogP contribution is 2.21. The van der Waals surface area contributed by atoms with Gasteiger partial charge < -0.3 is 20.9 Å². The Morgan fingerprint density at radius 1 is 1.27 bits per heavy atom. The summed E-state index contributed by atoms with van der Waals surface area (Å²) in [7, 11) is 0. The van der Waals surface area contributed by atoms with Gasteiger partial charge in [0.2, 0.25) is 11.8 Å². The predicted octanol–water partition coefficient (Wildman–Crippen LogP) is 2.18. The molecule has 0 bridgehead atoms. The number of carbonyl (C=O) groups is 2. The van der Waals surface area contributed by atoms with E-state index in [1.54, 1.807) is 13.0 Å². The average molecular weight is 472 g/mol. The van der Waals surface area contributed by atoms with Gasteiger partial charge in [0.25, 0.3) is 0 Å². The molecule has 2 aromatic heterocycles. The summed E-state index contributed by atoms with van der Waals surface area (Å²) >= 11 is 1.18. The molecule has 0 aliphatic rings. The van der Waals surface area contributed by atoms with Gasteiger partial charge in [-0.15, -0.1) is 11.8 Å². The summed E-state index contributed by atoms with van der Waals surface area (Å²) in [6.07, 6.45) is 0.963. The van der Waals surface area contributed by atoms with Gasteiger partial charge >= 0.3 is 0 Å². The van der Waals surface area contributed by atoms with E-state index in [-0.39, 0.29) is 40.5 Å². The van der Waals surface area contributed by atoms with Crippen molar-refractivity contribution in [3.05, 3.63) is 53.2 Å².